The number of sulfonamides is 1. The van der Waals surface area contributed by atoms with Crippen LogP contribution in [0, 0.1) is 0 Å². The highest BCUT2D eigenvalue weighted by molar-refractivity contribution is 7.92. The minimum absolute atomic E-state index is 0.164. The van der Waals surface area contributed by atoms with E-state index in [2.05, 4.69) is 9.62 Å². The second kappa shape index (κ2) is 6.69. The number of hydrogen-bond acceptors (Lipinski definition) is 6. The lowest BCUT2D eigenvalue weighted by Gasteiger charge is -2.28. The van der Waals surface area contributed by atoms with Crippen LogP contribution in [0.25, 0.3) is 0 Å². The molecule has 0 saturated carbocycles. The molecular formula is C15H16N2O4S2. The van der Waals surface area contributed by atoms with Crippen molar-refractivity contribution in [3.05, 3.63) is 40.6 Å². The van der Waals surface area contributed by atoms with Crippen LogP contribution in [0.1, 0.15) is 9.67 Å². The van der Waals surface area contributed by atoms with E-state index in [9.17, 15) is 13.2 Å². The van der Waals surface area contributed by atoms with Crippen LogP contribution in [-0.4, -0.2) is 41.0 Å². The predicted molar refractivity (Wildman–Crippen MR) is 90.0 cm³/mol. The maximum absolute atomic E-state index is 12.4. The summed E-state index contributed by atoms with van der Waals surface area (Å²) < 4.78 is 32.6. The third-order valence-electron chi connectivity index (χ3n) is 3.57. The van der Waals surface area contributed by atoms with Crippen molar-refractivity contribution >= 4 is 39.0 Å². The standard InChI is InChI=1S/C15H16N2O4S2/c18-11-15-14(5-10-22-15)16-23(19,20)13-3-1-12(2-4-13)17-6-8-21-9-7-17/h1-5,10-11,16H,6-9H2. The van der Waals surface area contributed by atoms with Gasteiger partial charge in [0.05, 0.1) is 28.7 Å². The first-order valence-electron chi connectivity index (χ1n) is 7.08. The number of morpholine rings is 1. The summed E-state index contributed by atoms with van der Waals surface area (Å²) in [7, 11) is -3.71. The Morgan fingerprint density at radius 3 is 2.48 bits per heavy atom. The molecule has 1 N–H and O–H groups in total. The zero-order valence-corrected chi connectivity index (χ0v) is 13.9. The highest BCUT2D eigenvalue weighted by Crippen LogP contribution is 2.25. The molecule has 3 rings (SSSR count). The van der Waals surface area contributed by atoms with Crippen molar-refractivity contribution in [1.82, 2.24) is 0 Å². The third kappa shape index (κ3) is 3.54. The largest absolute Gasteiger partial charge is 0.378 e. The van der Waals surface area contributed by atoms with Gasteiger partial charge in [0.15, 0.2) is 6.29 Å². The number of benzene rings is 1. The highest BCUT2D eigenvalue weighted by atomic mass is 32.2. The van der Waals surface area contributed by atoms with E-state index in [0.717, 1.165) is 18.8 Å². The fourth-order valence-electron chi connectivity index (χ4n) is 2.36. The number of anilines is 2. The van der Waals surface area contributed by atoms with E-state index in [0.29, 0.717) is 30.1 Å². The fourth-order valence-corrected chi connectivity index (χ4v) is 4.15. The normalized spacial score (nSPS) is 15.4. The quantitative estimate of drug-likeness (QED) is 0.835. The third-order valence-corrected chi connectivity index (χ3v) is 5.79. The Morgan fingerprint density at radius 1 is 1.13 bits per heavy atom. The van der Waals surface area contributed by atoms with Crippen molar-refractivity contribution in [1.29, 1.82) is 0 Å². The molecule has 23 heavy (non-hydrogen) atoms. The van der Waals surface area contributed by atoms with E-state index in [1.54, 1.807) is 35.7 Å². The van der Waals surface area contributed by atoms with Crippen molar-refractivity contribution in [2.45, 2.75) is 4.90 Å². The van der Waals surface area contributed by atoms with Gasteiger partial charge >= 0.3 is 0 Å². The Labute approximate surface area is 138 Å². The molecule has 0 radical (unpaired) electrons. The number of nitrogens with one attached hydrogen (secondary N) is 1. The lowest BCUT2D eigenvalue weighted by Crippen LogP contribution is -2.36. The maximum atomic E-state index is 12.4. The van der Waals surface area contributed by atoms with Gasteiger partial charge in [-0.1, -0.05) is 0 Å². The van der Waals surface area contributed by atoms with Gasteiger partial charge in [0.2, 0.25) is 0 Å². The second-order valence-electron chi connectivity index (χ2n) is 5.02. The monoisotopic (exact) mass is 352 g/mol. The summed E-state index contributed by atoms with van der Waals surface area (Å²) in [5.74, 6) is 0. The SMILES string of the molecule is O=Cc1sccc1NS(=O)(=O)c1ccc(N2CCOCC2)cc1. The number of ether oxygens (including phenoxy) is 1. The van der Waals surface area contributed by atoms with Crippen molar-refractivity contribution in [3.8, 4) is 0 Å². The van der Waals surface area contributed by atoms with Gasteiger partial charge < -0.3 is 9.64 Å². The van der Waals surface area contributed by atoms with E-state index in [4.69, 9.17) is 4.74 Å². The van der Waals surface area contributed by atoms with Crippen molar-refractivity contribution in [3.63, 3.8) is 0 Å². The van der Waals surface area contributed by atoms with Crippen LogP contribution in [-0.2, 0) is 14.8 Å². The molecule has 122 valence electrons. The van der Waals surface area contributed by atoms with Crippen LogP contribution < -0.4 is 9.62 Å². The Hall–Kier alpha value is -1.90. The second-order valence-corrected chi connectivity index (χ2v) is 7.65. The molecule has 2 aromatic rings. The first kappa shape index (κ1) is 16.0. The predicted octanol–water partition coefficient (Wildman–Crippen LogP) is 2.20. The summed E-state index contributed by atoms with van der Waals surface area (Å²) in [5.41, 5.74) is 1.28. The summed E-state index contributed by atoms with van der Waals surface area (Å²) in [4.78, 5) is 13.6. The van der Waals surface area contributed by atoms with Gasteiger partial charge in [0, 0.05) is 18.8 Å². The lowest BCUT2D eigenvalue weighted by atomic mass is 10.2. The van der Waals surface area contributed by atoms with E-state index in [1.165, 1.54) is 11.3 Å². The summed E-state index contributed by atoms with van der Waals surface area (Å²) in [6, 6.07) is 8.29. The Balaban J connectivity index is 1.78. The van der Waals surface area contributed by atoms with Gasteiger partial charge in [-0.15, -0.1) is 11.3 Å². The molecule has 0 spiro atoms. The molecule has 1 aromatic carbocycles. The molecule has 1 saturated heterocycles. The fraction of sp³-hybridized carbons (Fsp3) is 0.267. The Kier molecular flexibility index (Phi) is 4.65. The molecule has 0 amide bonds. The number of thiophene rings is 1. The summed E-state index contributed by atoms with van der Waals surface area (Å²) in [6.45, 7) is 2.94. The van der Waals surface area contributed by atoms with E-state index >= 15 is 0 Å². The lowest BCUT2D eigenvalue weighted by molar-refractivity contribution is 0.112. The molecule has 0 aliphatic carbocycles. The molecule has 6 nitrogen and oxygen atoms in total. The minimum Gasteiger partial charge on any atom is -0.378 e. The van der Waals surface area contributed by atoms with Gasteiger partial charge in [0.1, 0.15) is 0 Å². The highest BCUT2D eigenvalue weighted by Gasteiger charge is 2.18. The molecule has 8 heteroatoms. The average molecular weight is 352 g/mol. The van der Waals surface area contributed by atoms with Crippen LogP contribution in [0.3, 0.4) is 0 Å². The molecule has 1 aliphatic heterocycles. The van der Waals surface area contributed by atoms with E-state index in [-0.39, 0.29) is 4.90 Å². The summed E-state index contributed by atoms with van der Waals surface area (Å²) >= 11 is 1.19. The molecule has 1 aliphatic rings. The molecule has 0 unspecified atom stereocenters. The first-order chi connectivity index (χ1) is 11.1. The Morgan fingerprint density at radius 2 is 1.83 bits per heavy atom. The van der Waals surface area contributed by atoms with Gasteiger partial charge in [0.25, 0.3) is 10.0 Å². The molecule has 2 heterocycles. The Bertz CT molecular complexity index is 778. The topological polar surface area (TPSA) is 75.7 Å². The number of hydrogen-bond donors (Lipinski definition) is 1. The number of nitrogens with zero attached hydrogens (tertiary/aromatic N) is 1. The van der Waals surface area contributed by atoms with Gasteiger partial charge in [-0.05, 0) is 35.7 Å². The number of aldehydes is 1. The smallest absolute Gasteiger partial charge is 0.261 e. The van der Waals surface area contributed by atoms with Crippen LogP contribution in [0.4, 0.5) is 11.4 Å². The van der Waals surface area contributed by atoms with E-state index < -0.39 is 10.0 Å². The van der Waals surface area contributed by atoms with Crippen molar-refractivity contribution < 1.29 is 17.9 Å². The van der Waals surface area contributed by atoms with Gasteiger partial charge in [-0.25, -0.2) is 8.42 Å². The van der Waals surface area contributed by atoms with Crippen LogP contribution in [0.2, 0.25) is 0 Å². The molecule has 1 aromatic heterocycles. The average Bonchev–Trinajstić information content (AvgIpc) is 3.02. The van der Waals surface area contributed by atoms with Gasteiger partial charge in [-0.2, -0.15) is 0 Å². The van der Waals surface area contributed by atoms with E-state index in [1.807, 2.05) is 0 Å². The van der Waals surface area contributed by atoms with Crippen LogP contribution in [0.5, 0.6) is 0 Å². The molecular weight excluding hydrogens is 336 g/mol. The van der Waals surface area contributed by atoms with Gasteiger partial charge in [-0.3, -0.25) is 9.52 Å². The zero-order valence-electron chi connectivity index (χ0n) is 12.3. The minimum atomic E-state index is -3.71. The summed E-state index contributed by atoms with van der Waals surface area (Å²) in [6.07, 6.45) is 0.643. The number of rotatable bonds is 5. The van der Waals surface area contributed by atoms with Crippen LogP contribution >= 0.6 is 11.3 Å². The maximum Gasteiger partial charge on any atom is 0.261 e. The summed E-state index contributed by atoms with van der Waals surface area (Å²) in [5, 5.41) is 1.67. The molecule has 0 atom stereocenters. The number of carbonyl (C=O) groups is 1. The number of carbonyl (C=O) groups excluding carboxylic acids is 1. The van der Waals surface area contributed by atoms with Crippen LogP contribution in [0.15, 0.2) is 40.6 Å². The first-order valence-corrected chi connectivity index (χ1v) is 9.45. The van der Waals surface area contributed by atoms with Crippen molar-refractivity contribution in [2.24, 2.45) is 0 Å². The molecule has 0 bridgehead atoms. The zero-order chi connectivity index (χ0) is 16.3. The van der Waals surface area contributed by atoms with Crippen molar-refractivity contribution in [2.75, 3.05) is 35.9 Å². The molecule has 1 fully saturated rings.